The zero-order valence-corrected chi connectivity index (χ0v) is 11.6. The van der Waals surface area contributed by atoms with Gasteiger partial charge in [-0.05, 0) is 25.5 Å². The Balaban J connectivity index is 1.75. The van der Waals surface area contributed by atoms with Gasteiger partial charge in [-0.25, -0.2) is 0 Å². The number of hydrogen-bond donors (Lipinski definition) is 2. The molecule has 1 aromatic rings. The Bertz CT molecular complexity index is 410. The van der Waals surface area contributed by atoms with Crippen molar-refractivity contribution in [3.05, 3.63) is 24.2 Å². The third-order valence-corrected chi connectivity index (χ3v) is 3.65. The average molecular weight is 266 g/mol. The van der Waals surface area contributed by atoms with E-state index >= 15 is 0 Å². The average Bonchev–Trinajstić information content (AvgIpc) is 2.85. The van der Waals surface area contributed by atoms with Gasteiger partial charge in [0.05, 0.1) is 24.5 Å². The maximum atomic E-state index is 12.0. The molecular formula is C14H22N2O3. The zero-order valence-electron chi connectivity index (χ0n) is 11.6. The first-order valence-corrected chi connectivity index (χ1v) is 6.80. The molecule has 0 spiro atoms. The van der Waals surface area contributed by atoms with Crippen LogP contribution >= 0.6 is 0 Å². The van der Waals surface area contributed by atoms with Gasteiger partial charge in [-0.2, -0.15) is 0 Å². The van der Waals surface area contributed by atoms with Crippen molar-refractivity contribution in [2.24, 2.45) is 0 Å². The summed E-state index contributed by atoms with van der Waals surface area (Å²) in [6.45, 7) is 5.48. The first kappa shape index (κ1) is 14.1. The molecule has 1 unspecified atom stereocenters. The van der Waals surface area contributed by atoms with Crippen molar-refractivity contribution in [2.45, 2.75) is 44.9 Å². The Labute approximate surface area is 113 Å². The van der Waals surface area contributed by atoms with E-state index in [1.165, 1.54) is 0 Å². The summed E-state index contributed by atoms with van der Waals surface area (Å²) in [5.74, 6) is 0.710. The normalized spacial score (nSPS) is 19.7. The lowest BCUT2D eigenvalue weighted by atomic mass is 9.88. The second kappa shape index (κ2) is 5.75. The molecule has 1 aliphatic heterocycles. The molecule has 1 aromatic heterocycles. The second-order valence-corrected chi connectivity index (χ2v) is 5.35. The molecule has 1 saturated heterocycles. The Morgan fingerprint density at radius 1 is 1.63 bits per heavy atom. The van der Waals surface area contributed by atoms with Crippen LogP contribution in [-0.4, -0.2) is 40.6 Å². The van der Waals surface area contributed by atoms with Gasteiger partial charge < -0.3 is 14.8 Å². The molecule has 0 aliphatic carbocycles. The van der Waals surface area contributed by atoms with E-state index < -0.39 is 5.60 Å². The van der Waals surface area contributed by atoms with Crippen LogP contribution in [0.3, 0.4) is 0 Å². The topological polar surface area (TPSA) is 65.7 Å². The van der Waals surface area contributed by atoms with E-state index in [1.54, 1.807) is 12.3 Å². The molecule has 2 heterocycles. The fourth-order valence-electron chi connectivity index (χ4n) is 2.51. The summed E-state index contributed by atoms with van der Waals surface area (Å²) in [4.78, 5) is 14.0. The first-order valence-electron chi connectivity index (χ1n) is 6.80. The molecule has 1 atom stereocenters. The maximum Gasteiger partial charge on any atom is 0.237 e. The molecule has 1 aliphatic rings. The van der Waals surface area contributed by atoms with E-state index in [2.05, 4.69) is 12.2 Å². The summed E-state index contributed by atoms with van der Waals surface area (Å²) in [6, 6.07) is 3.41. The van der Waals surface area contributed by atoms with Gasteiger partial charge in [-0.15, -0.1) is 0 Å². The standard InChI is InChI=1S/C14H22N2O3/c1-3-6-14(18)9-16(10-14)11(2)13(17)15-8-12-5-4-7-19-12/h4-5,7,11,18H,3,6,8-10H2,1-2H3,(H,15,17). The van der Waals surface area contributed by atoms with E-state index in [-0.39, 0.29) is 11.9 Å². The number of nitrogens with zero attached hydrogens (tertiary/aromatic N) is 1. The van der Waals surface area contributed by atoms with Crippen LogP contribution < -0.4 is 5.32 Å². The van der Waals surface area contributed by atoms with Gasteiger partial charge in [-0.3, -0.25) is 9.69 Å². The van der Waals surface area contributed by atoms with Gasteiger partial charge in [0.25, 0.3) is 0 Å². The number of carbonyl (C=O) groups is 1. The highest BCUT2D eigenvalue weighted by Crippen LogP contribution is 2.27. The minimum Gasteiger partial charge on any atom is -0.467 e. The minimum atomic E-state index is -0.593. The number of amides is 1. The highest BCUT2D eigenvalue weighted by Gasteiger charge is 2.43. The monoisotopic (exact) mass is 266 g/mol. The van der Waals surface area contributed by atoms with Crippen molar-refractivity contribution in [3.8, 4) is 0 Å². The fourth-order valence-corrected chi connectivity index (χ4v) is 2.51. The molecule has 0 saturated carbocycles. The van der Waals surface area contributed by atoms with Crippen LogP contribution in [0.25, 0.3) is 0 Å². The van der Waals surface area contributed by atoms with E-state index in [0.717, 1.165) is 18.6 Å². The quantitative estimate of drug-likeness (QED) is 0.810. The third kappa shape index (κ3) is 3.36. The summed E-state index contributed by atoms with van der Waals surface area (Å²) in [7, 11) is 0. The van der Waals surface area contributed by atoms with Crippen molar-refractivity contribution in [2.75, 3.05) is 13.1 Å². The van der Waals surface area contributed by atoms with Crippen molar-refractivity contribution in [1.29, 1.82) is 0 Å². The Morgan fingerprint density at radius 2 is 2.37 bits per heavy atom. The number of rotatable bonds is 6. The molecule has 2 N–H and O–H groups in total. The van der Waals surface area contributed by atoms with Gasteiger partial charge in [0.2, 0.25) is 5.91 Å². The van der Waals surface area contributed by atoms with E-state index in [1.807, 2.05) is 17.9 Å². The van der Waals surface area contributed by atoms with Crippen LogP contribution in [0.1, 0.15) is 32.4 Å². The Hall–Kier alpha value is -1.33. The molecule has 106 valence electrons. The first-order chi connectivity index (χ1) is 9.04. The summed E-state index contributed by atoms with van der Waals surface area (Å²) >= 11 is 0. The number of carbonyl (C=O) groups excluding carboxylic acids is 1. The number of likely N-dealkylation sites (tertiary alicyclic amines) is 1. The molecular weight excluding hydrogens is 244 g/mol. The van der Waals surface area contributed by atoms with E-state index in [4.69, 9.17) is 4.42 Å². The Morgan fingerprint density at radius 3 is 2.95 bits per heavy atom. The number of furan rings is 1. The second-order valence-electron chi connectivity index (χ2n) is 5.35. The van der Waals surface area contributed by atoms with Gasteiger partial charge >= 0.3 is 0 Å². The predicted molar refractivity (Wildman–Crippen MR) is 71.4 cm³/mol. The van der Waals surface area contributed by atoms with Crippen molar-refractivity contribution < 1.29 is 14.3 Å². The van der Waals surface area contributed by atoms with Gasteiger partial charge in [0.1, 0.15) is 5.76 Å². The number of hydrogen-bond acceptors (Lipinski definition) is 4. The molecule has 5 heteroatoms. The molecule has 0 radical (unpaired) electrons. The molecule has 2 rings (SSSR count). The lowest BCUT2D eigenvalue weighted by Gasteiger charge is -2.48. The van der Waals surface area contributed by atoms with E-state index in [0.29, 0.717) is 19.6 Å². The minimum absolute atomic E-state index is 0.0325. The summed E-state index contributed by atoms with van der Waals surface area (Å²) in [5.41, 5.74) is -0.593. The molecule has 1 fully saturated rings. The summed E-state index contributed by atoms with van der Waals surface area (Å²) < 4.78 is 5.16. The lowest BCUT2D eigenvalue weighted by Crippen LogP contribution is -2.66. The highest BCUT2D eigenvalue weighted by atomic mass is 16.3. The molecule has 0 bridgehead atoms. The van der Waals surface area contributed by atoms with Gasteiger partial charge in [0.15, 0.2) is 0 Å². The van der Waals surface area contributed by atoms with Crippen LogP contribution in [0.5, 0.6) is 0 Å². The fraction of sp³-hybridized carbons (Fsp3) is 0.643. The van der Waals surface area contributed by atoms with E-state index in [9.17, 15) is 9.90 Å². The third-order valence-electron chi connectivity index (χ3n) is 3.65. The van der Waals surface area contributed by atoms with Crippen LogP contribution in [0.4, 0.5) is 0 Å². The highest BCUT2D eigenvalue weighted by molar-refractivity contribution is 5.81. The van der Waals surface area contributed by atoms with Crippen molar-refractivity contribution in [1.82, 2.24) is 10.2 Å². The van der Waals surface area contributed by atoms with Gasteiger partial charge in [-0.1, -0.05) is 13.3 Å². The maximum absolute atomic E-state index is 12.0. The van der Waals surface area contributed by atoms with Crippen molar-refractivity contribution in [3.63, 3.8) is 0 Å². The smallest absolute Gasteiger partial charge is 0.237 e. The van der Waals surface area contributed by atoms with Crippen LogP contribution in [0.15, 0.2) is 22.8 Å². The van der Waals surface area contributed by atoms with Crippen LogP contribution in [0.2, 0.25) is 0 Å². The Kier molecular flexibility index (Phi) is 4.27. The van der Waals surface area contributed by atoms with Crippen LogP contribution in [-0.2, 0) is 11.3 Å². The van der Waals surface area contributed by atoms with Gasteiger partial charge in [0, 0.05) is 13.1 Å². The van der Waals surface area contributed by atoms with Crippen molar-refractivity contribution >= 4 is 5.91 Å². The number of aliphatic hydroxyl groups is 1. The molecule has 19 heavy (non-hydrogen) atoms. The molecule has 5 nitrogen and oxygen atoms in total. The summed E-state index contributed by atoms with van der Waals surface area (Å²) in [5, 5.41) is 12.9. The largest absolute Gasteiger partial charge is 0.467 e. The molecule has 1 amide bonds. The SMILES string of the molecule is CCCC1(O)CN(C(C)C(=O)NCc2ccco2)C1. The zero-order chi connectivity index (χ0) is 13.9. The van der Waals surface area contributed by atoms with Crippen LogP contribution in [0, 0.1) is 0 Å². The summed E-state index contributed by atoms with van der Waals surface area (Å²) in [6.07, 6.45) is 3.35. The predicted octanol–water partition coefficient (Wildman–Crippen LogP) is 1.13. The molecule has 0 aromatic carbocycles. The number of β-amino-alcohol motifs (C(OH)–C–C–N with tert-alkyl or cyclic N) is 1. The number of nitrogens with one attached hydrogen (secondary N) is 1. The lowest BCUT2D eigenvalue weighted by molar-refractivity contribution is -0.143.